The summed E-state index contributed by atoms with van der Waals surface area (Å²) in [6.07, 6.45) is 17.6. The van der Waals surface area contributed by atoms with E-state index < -0.39 is 80.7 Å². The van der Waals surface area contributed by atoms with Gasteiger partial charge in [0.1, 0.15) is 61.5 Å². The molecule has 0 unspecified atom stereocenters. The van der Waals surface area contributed by atoms with Gasteiger partial charge in [-0.05, 0) is 12.8 Å². The standard InChI is InChI=1S/C47H90O14/c1-3-5-7-9-11-13-15-17-18-19-20-22-24-26-28-30-39(49)57-33-36(56-31-29-27-25-23-21-16-14-12-10-8-6-4-2)34-58-46-45(55)43(53)41(51)38(61-46)35-59-47-44(54)42(52)40(50)37(32-48)60-47/h36-38,40-48,50-55H,3-35H2,1-2H3/t36-,37-,38-,40+,41+,42+,43+,44-,45-,46-,47+/m1/s1. The summed E-state index contributed by atoms with van der Waals surface area (Å²) in [5.41, 5.74) is 0. The van der Waals surface area contributed by atoms with Crippen LogP contribution >= 0.6 is 0 Å². The highest BCUT2D eigenvalue weighted by atomic mass is 16.7. The Hall–Kier alpha value is -1.01. The van der Waals surface area contributed by atoms with Gasteiger partial charge in [-0.15, -0.1) is 0 Å². The second-order valence-corrected chi connectivity index (χ2v) is 17.6. The number of aliphatic hydroxyl groups excluding tert-OH is 7. The van der Waals surface area contributed by atoms with Gasteiger partial charge in [-0.2, -0.15) is 0 Å². The molecular formula is C47H90O14. The third-order valence-electron chi connectivity index (χ3n) is 12.2. The molecule has 7 N–H and O–H groups in total. The second-order valence-electron chi connectivity index (χ2n) is 17.6. The maximum Gasteiger partial charge on any atom is 0.305 e. The second kappa shape index (κ2) is 36.2. The van der Waals surface area contributed by atoms with E-state index in [4.69, 9.17) is 28.4 Å². The molecule has 0 spiro atoms. The fourth-order valence-electron chi connectivity index (χ4n) is 8.03. The van der Waals surface area contributed by atoms with Crippen molar-refractivity contribution in [1.29, 1.82) is 0 Å². The van der Waals surface area contributed by atoms with Gasteiger partial charge in [-0.3, -0.25) is 4.79 Å². The lowest BCUT2D eigenvalue weighted by Crippen LogP contribution is -2.61. The van der Waals surface area contributed by atoms with Crippen molar-refractivity contribution in [2.24, 2.45) is 0 Å². The number of esters is 1. The molecule has 2 aliphatic rings. The lowest BCUT2D eigenvalue weighted by molar-refractivity contribution is -0.333. The SMILES string of the molecule is CCCCCCCCCCCCCCCCCC(=O)OC[C@H](CO[C@@H]1O[C@H](CO[C@H]2O[C@H](CO)[C@H](O)[C@H](O)[C@H]2O)[C@H](O)[C@H](O)[C@H]1O)OCCCCCCCCCCCCCC. The molecule has 0 saturated carbocycles. The molecule has 0 amide bonds. The first kappa shape index (κ1) is 56.1. The van der Waals surface area contributed by atoms with Crippen LogP contribution in [0.2, 0.25) is 0 Å². The molecule has 61 heavy (non-hydrogen) atoms. The van der Waals surface area contributed by atoms with Crippen molar-refractivity contribution in [3.63, 3.8) is 0 Å². The van der Waals surface area contributed by atoms with Gasteiger partial charge >= 0.3 is 5.97 Å². The van der Waals surface area contributed by atoms with E-state index in [9.17, 15) is 40.5 Å². The molecule has 2 aliphatic heterocycles. The minimum absolute atomic E-state index is 0.0620. The monoisotopic (exact) mass is 879 g/mol. The molecule has 0 bridgehead atoms. The number of rotatable bonds is 39. The van der Waals surface area contributed by atoms with E-state index in [2.05, 4.69) is 13.8 Å². The van der Waals surface area contributed by atoms with Crippen LogP contribution in [0.25, 0.3) is 0 Å². The molecule has 2 saturated heterocycles. The van der Waals surface area contributed by atoms with Crippen molar-refractivity contribution in [2.75, 3.05) is 33.0 Å². The van der Waals surface area contributed by atoms with Crippen molar-refractivity contribution in [3.05, 3.63) is 0 Å². The number of aliphatic hydroxyl groups is 7. The zero-order valence-corrected chi connectivity index (χ0v) is 38.2. The Labute approximate surface area is 368 Å². The predicted octanol–water partition coefficient (Wildman–Crippen LogP) is 6.52. The van der Waals surface area contributed by atoms with Gasteiger partial charge in [0.05, 0.1) is 19.8 Å². The maximum atomic E-state index is 12.7. The van der Waals surface area contributed by atoms with Gasteiger partial charge in [0.2, 0.25) is 0 Å². The van der Waals surface area contributed by atoms with Crippen molar-refractivity contribution < 1.29 is 69.0 Å². The summed E-state index contributed by atoms with van der Waals surface area (Å²) in [5, 5.41) is 72.0. The van der Waals surface area contributed by atoms with Crippen molar-refractivity contribution in [2.45, 2.75) is 261 Å². The summed E-state index contributed by atoms with van der Waals surface area (Å²) in [6.45, 7) is 3.59. The first-order valence-electron chi connectivity index (χ1n) is 24.6. The first-order chi connectivity index (χ1) is 29.6. The highest BCUT2D eigenvalue weighted by molar-refractivity contribution is 5.69. The summed E-state index contributed by atoms with van der Waals surface area (Å²) >= 11 is 0. The number of hydrogen-bond donors (Lipinski definition) is 7. The van der Waals surface area contributed by atoms with Crippen LogP contribution in [-0.4, -0.2) is 142 Å². The van der Waals surface area contributed by atoms with Gasteiger partial charge in [0.15, 0.2) is 12.6 Å². The van der Waals surface area contributed by atoms with Gasteiger partial charge in [-0.1, -0.05) is 174 Å². The number of carbonyl (C=O) groups excluding carboxylic acids is 1. The lowest BCUT2D eigenvalue weighted by Gasteiger charge is -2.42. The minimum Gasteiger partial charge on any atom is -0.463 e. The van der Waals surface area contributed by atoms with Crippen LogP contribution in [0.1, 0.15) is 194 Å². The molecule has 14 heteroatoms. The minimum atomic E-state index is -1.68. The highest BCUT2D eigenvalue weighted by Gasteiger charge is 2.47. The smallest absolute Gasteiger partial charge is 0.305 e. The molecule has 0 aromatic heterocycles. The third kappa shape index (κ3) is 24.7. The topological polar surface area (TPSA) is 214 Å². The van der Waals surface area contributed by atoms with Crippen LogP contribution in [0.15, 0.2) is 0 Å². The summed E-state index contributed by atoms with van der Waals surface area (Å²) in [5.74, 6) is -0.313. The molecule has 2 fully saturated rings. The van der Waals surface area contributed by atoms with Crippen LogP contribution in [0, 0.1) is 0 Å². The van der Waals surface area contributed by atoms with E-state index in [1.54, 1.807) is 0 Å². The molecular weight excluding hydrogens is 789 g/mol. The first-order valence-corrected chi connectivity index (χ1v) is 24.6. The molecule has 0 aromatic rings. The Morgan fingerprint density at radius 1 is 0.475 bits per heavy atom. The third-order valence-corrected chi connectivity index (χ3v) is 12.2. The predicted molar refractivity (Wildman–Crippen MR) is 234 cm³/mol. The van der Waals surface area contributed by atoms with E-state index in [1.165, 1.54) is 135 Å². The number of carbonyl (C=O) groups is 1. The fourth-order valence-corrected chi connectivity index (χ4v) is 8.03. The Kier molecular flexibility index (Phi) is 33.3. The van der Waals surface area contributed by atoms with Crippen molar-refractivity contribution in [3.8, 4) is 0 Å². The van der Waals surface area contributed by atoms with E-state index in [-0.39, 0.29) is 19.2 Å². The Morgan fingerprint density at radius 3 is 1.33 bits per heavy atom. The molecule has 362 valence electrons. The van der Waals surface area contributed by atoms with Crippen LogP contribution in [0.4, 0.5) is 0 Å². The molecule has 2 heterocycles. The van der Waals surface area contributed by atoms with Gasteiger partial charge < -0.3 is 64.2 Å². The zero-order valence-electron chi connectivity index (χ0n) is 38.2. The lowest BCUT2D eigenvalue weighted by atomic mass is 9.98. The van der Waals surface area contributed by atoms with Gasteiger partial charge in [0.25, 0.3) is 0 Å². The molecule has 0 aromatic carbocycles. The molecule has 0 aliphatic carbocycles. The average molecular weight is 879 g/mol. The van der Waals surface area contributed by atoms with Gasteiger partial charge in [0, 0.05) is 13.0 Å². The largest absolute Gasteiger partial charge is 0.463 e. The van der Waals surface area contributed by atoms with E-state index >= 15 is 0 Å². The number of ether oxygens (including phenoxy) is 6. The molecule has 2 rings (SSSR count). The summed E-state index contributed by atoms with van der Waals surface area (Å²) in [4.78, 5) is 12.7. The quantitative estimate of drug-likeness (QED) is 0.0259. The van der Waals surface area contributed by atoms with Crippen LogP contribution in [-0.2, 0) is 33.2 Å². The van der Waals surface area contributed by atoms with Crippen molar-refractivity contribution in [1.82, 2.24) is 0 Å². The Balaban J connectivity index is 1.77. The average Bonchev–Trinajstić information content (AvgIpc) is 3.26. The van der Waals surface area contributed by atoms with E-state index in [1.807, 2.05) is 0 Å². The number of unbranched alkanes of at least 4 members (excludes halogenated alkanes) is 25. The van der Waals surface area contributed by atoms with Crippen LogP contribution < -0.4 is 0 Å². The fraction of sp³-hybridized carbons (Fsp3) is 0.979. The maximum absolute atomic E-state index is 12.7. The molecule has 0 radical (unpaired) electrons. The normalized spacial score (nSPS) is 27.4. The van der Waals surface area contributed by atoms with Crippen LogP contribution in [0.3, 0.4) is 0 Å². The summed E-state index contributed by atoms with van der Waals surface area (Å²) in [7, 11) is 0. The Bertz CT molecular complexity index is 1020. The van der Waals surface area contributed by atoms with Gasteiger partial charge in [-0.25, -0.2) is 0 Å². The Morgan fingerprint density at radius 2 is 0.869 bits per heavy atom. The van der Waals surface area contributed by atoms with Crippen LogP contribution in [0.5, 0.6) is 0 Å². The zero-order chi connectivity index (χ0) is 44.5. The van der Waals surface area contributed by atoms with Crippen molar-refractivity contribution >= 4 is 5.97 Å². The summed E-state index contributed by atoms with van der Waals surface area (Å²) < 4.78 is 34.3. The molecule has 11 atom stereocenters. The highest BCUT2D eigenvalue weighted by Crippen LogP contribution is 2.26. The number of hydrogen-bond acceptors (Lipinski definition) is 14. The molecule has 14 nitrogen and oxygen atoms in total. The van der Waals surface area contributed by atoms with E-state index in [0.717, 1.165) is 38.5 Å². The van der Waals surface area contributed by atoms with E-state index in [0.29, 0.717) is 13.0 Å². The summed E-state index contributed by atoms with van der Waals surface area (Å²) in [6, 6.07) is 0.